The van der Waals surface area contributed by atoms with Crippen molar-refractivity contribution in [3.63, 3.8) is 0 Å². The Hall–Kier alpha value is -0.300. The third-order valence-electron chi connectivity index (χ3n) is 3.19. The minimum Gasteiger partial charge on any atom is -0.392 e. The van der Waals surface area contributed by atoms with Crippen LogP contribution in [0.5, 0.6) is 0 Å². The van der Waals surface area contributed by atoms with Crippen LogP contribution in [0.1, 0.15) is 66.2 Å². The van der Waals surface area contributed by atoms with Gasteiger partial charge in [-0.2, -0.15) is 0 Å². The Kier molecular flexibility index (Phi) is 9.71. The highest BCUT2D eigenvalue weighted by molar-refractivity contribution is 4.97. The van der Waals surface area contributed by atoms with E-state index in [2.05, 4.69) is 27.7 Å². The molecule has 0 bridgehead atoms. The summed E-state index contributed by atoms with van der Waals surface area (Å²) >= 11 is 0. The van der Waals surface area contributed by atoms with Crippen LogP contribution in [-0.4, -0.2) is 11.7 Å². The number of aliphatic hydroxyl groups excluding tert-OH is 1. The lowest BCUT2D eigenvalue weighted by Crippen LogP contribution is -1.97. The molecule has 0 aliphatic rings. The molecule has 0 saturated heterocycles. The molecule has 1 nitrogen and oxygen atoms in total. The van der Waals surface area contributed by atoms with Crippen LogP contribution < -0.4 is 0 Å². The molecule has 0 fully saturated rings. The minimum absolute atomic E-state index is 0.190. The van der Waals surface area contributed by atoms with E-state index in [4.69, 9.17) is 5.11 Å². The highest BCUT2D eigenvalue weighted by Gasteiger charge is 2.03. The van der Waals surface area contributed by atoms with Gasteiger partial charge >= 0.3 is 0 Å². The van der Waals surface area contributed by atoms with Crippen molar-refractivity contribution in [1.82, 2.24) is 0 Å². The molecule has 1 N–H and O–H groups in total. The number of hydrogen-bond acceptors (Lipinski definition) is 1. The smallest absolute Gasteiger partial charge is 0.0614 e. The summed E-state index contributed by atoms with van der Waals surface area (Å²) in [7, 11) is 0. The third kappa shape index (κ3) is 10.2. The fraction of sp³-hybridized carbons (Fsp3) is 0.867. The molecule has 0 aliphatic heterocycles. The standard InChI is InChI=1S/C15H30O/c1-13(2)7-5-8-14(3)9-6-10-15(4)11-12-16/h11,13-14,16H,5-10,12H2,1-4H3. The second-order valence-corrected chi connectivity index (χ2v) is 5.56. The molecule has 0 amide bonds. The minimum atomic E-state index is 0.190. The molecule has 1 atom stereocenters. The van der Waals surface area contributed by atoms with E-state index in [1.165, 1.54) is 37.7 Å². The molecule has 0 aromatic rings. The van der Waals surface area contributed by atoms with Gasteiger partial charge in [-0.05, 0) is 31.6 Å². The molecule has 0 spiro atoms. The number of allylic oxidation sites excluding steroid dienone is 1. The van der Waals surface area contributed by atoms with Gasteiger partial charge in [-0.3, -0.25) is 0 Å². The second kappa shape index (κ2) is 9.89. The van der Waals surface area contributed by atoms with E-state index < -0.39 is 0 Å². The Balaban J connectivity index is 3.43. The van der Waals surface area contributed by atoms with Crippen LogP contribution >= 0.6 is 0 Å². The van der Waals surface area contributed by atoms with Crippen molar-refractivity contribution in [1.29, 1.82) is 0 Å². The summed E-state index contributed by atoms with van der Waals surface area (Å²) in [6.07, 6.45) is 9.79. The summed E-state index contributed by atoms with van der Waals surface area (Å²) in [6.45, 7) is 9.27. The molecule has 96 valence electrons. The van der Waals surface area contributed by atoms with Crippen LogP contribution in [0.4, 0.5) is 0 Å². The first-order valence-corrected chi connectivity index (χ1v) is 6.82. The van der Waals surface area contributed by atoms with E-state index >= 15 is 0 Å². The number of aliphatic hydroxyl groups is 1. The fourth-order valence-corrected chi connectivity index (χ4v) is 2.01. The molecule has 0 aromatic carbocycles. The van der Waals surface area contributed by atoms with Gasteiger partial charge < -0.3 is 5.11 Å². The van der Waals surface area contributed by atoms with E-state index in [9.17, 15) is 0 Å². The van der Waals surface area contributed by atoms with Crippen molar-refractivity contribution < 1.29 is 5.11 Å². The van der Waals surface area contributed by atoms with Gasteiger partial charge in [0.2, 0.25) is 0 Å². The van der Waals surface area contributed by atoms with Gasteiger partial charge in [0.1, 0.15) is 0 Å². The summed E-state index contributed by atoms with van der Waals surface area (Å²) in [5.74, 6) is 1.71. The SMILES string of the molecule is CC(=CCO)CCCC(C)CCCC(C)C. The predicted molar refractivity (Wildman–Crippen MR) is 72.5 cm³/mol. The van der Waals surface area contributed by atoms with E-state index in [0.29, 0.717) is 0 Å². The maximum absolute atomic E-state index is 8.74. The Labute approximate surface area is 102 Å². The van der Waals surface area contributed by atoms with Crippen molar-refractivity contribution in [3.05, 3.63) is 11.6 Å². The van der Waals surface area contributed by atoms with Crippen molar-refractivity contribution in [2.75, 3.05) is 6.61 Å². The first-order chi connectivity index (χ1) is 7.56. The quantitative estimate of drug-likeness (QED) is 0.571. The topological polar surface area (TPSA) is 20.2 Å². The van der Waals surface area contributed by atoms with Gasteiger partial charge in [-0.15, -0.1) is 0 Å². The first-order valence-electron chi connectivity index (χ1n) is 6.82. The molecule has 0 aromatic heterocycles. The molecule has 0 saturated carbocycles. The van der Waals surface area contributed by atoms with Gasteiger partial charge in [0.05, 0.1) is 6.61 Å². The molecular formula is C15H30O. The van der Waals surface area contributed by atoms with Crippen molar-refractivity contribution in [3.8, 4) is 0 Å². The van der Waals surface area contributed by atoms with Crippen LogP contribution in [0.3, 0.4) is 0 Å². The van der Waals surface area contributed by atoms with E-state index in [1.54, 1.807) is 0 Å². The highest BCUT2D eigenvalue weighted by atomic mass is 16.2. The monoisotopic (exact) mass is 226 g/mol. The lowest BCUT2D eigenvalue weighted by atomic mass is 9.94. The van der Waals surface area contributed by atoms with Gasteiger partial charge in [0.15, 0.2) is 0 Å². The maximum Gasteiger partial charge on any atom is 0.0614 e. The van der Waals surface area contributed by atoms with Gasteiger partial charge in [0, 0.05) is 0 Å². The lowest BCUT2D eigenvalue weighted by Gasteiger charge is -2.12. The Morgan fingerprint density at radius 1 is 1.06 bits per heavy atom. The average molecular weight is 226 g/mol. The van der Waals surface area contributed by atoms with Crippen LogP contribution in [0.25, 0.3) is 0 Å². The third-order valence-corrected chi connectivity index (χ3v) is 3.19. The summed E-state index contributed by atoms with van der Waals surface area (Å²) in [5.41, 5.74) is 1.33. The molecule has 16 heavy (non-hydrogen) atoms. The molecule has 0 aliphatic carbocycles. The predicted octanol–water partition coefficient (Wildman–Crippen LogP) is 4.56. The molecule has 0 radical (unpaired) electrons. The second-order valence-electron chi connectivity index (χ2n) is 5.56. The number of rotatable bonds is 9. The van der Waals surface area contributed by atoms with Gasteiger partial charge in [-0.25, -0.2) is 0 Å². The molecule has 1 unspecified atom stereocenters. The zero-order valence-electron chi connectivity index (χ0n) is 11.6. The van der Waals surface area contributed by atoms with Crippen LogP contribution in [0.15, 0.2) is 11.6 Å². The van der Waals surface area contributed by atoms with E-state index in [1.807, 2.05) is 6.08 Å². The van der Waals surface area contributed by atoms with Crippen molar-refractivity contribution in [2.24, 2.45) is 11.8 Å². The first kappa shape index (κ1) is 15.7. The molecule has 1 heteroatoms. The summed E-state index contributed by atoms with van der Waals surface area (Å²) < 4.78 is 0. The molecule has 0 rings (SSSR count). The summed E-state index contributed by atoms with van der Waals surface area (Å²) in [6, 6.07) is 0. The largest absolute Gasteiger partial charge is 0.392 e. The van der Waals surface area contributed by atoms with Crippen LogP contribution in [0.2, 0.25) is 0 Å². The summed E-state index contributed by atoms with van der Waals surface area (Å²) in [5, 5.41) is 8.74. The zero-order valence-corrected chi connectivity index (χ0v) is 11.6. The van der Waals surface area contributed by atoms with Gasteiger partial charge in [-0.1, -0.05) is 58.1 Å². The summed E-state index contributed by atoms with van der Waals surface area (Å²) in [4.78, 5) is 0. The van der Waals surface area contributed by atoms with Crippen molar-refractivity contribution >= 4 is 0 Å². The molecule has 0 heterocycles. The van der Waals surface area contributed by atoms with Crippen LogP contribution in [0, 0.1) is 11.8 Å². The Bertz CT molecular complexity index is 182. The van der Waals surface area contributed by atoms with Gasteiger partial charge in [0.25, 0.3) is 0 Å². The fourth-order valence-electron chi connectivity index (χ4n) is 2.01. The Morgan fingerprint density at radius 3 is 2.25 bits per heavy atom. The van der Waals surface area contributed by atoms with Crippen LogP contribution in [-0.2, 0) is 0 Å². The Morgan fingerprint density at radius 2 is 1.69 bits per heavy atom. The van der Waals surface area contributed by atoms with Crippen molar-refractivity contribution in [2.45, 2.75) is 66.2 Å². The molecular weight excluding hydrogens is 196 g/mol. The highest BCUT2D eigenvalue weighted by Crippen LogP contribution is 2.18. The number of hydrogen-bond donors (Lipinski definition) is 1. The van der Waals surface area contributed by atoms with E-state index in [0.717, 1.165) is 18.3 Å². The normalized spacial score (nSPS) is 14.5. The average Bonchev–Trinajstić information content (AvgIpc) is 2.17. The maximum atomic E-state index is 8.74. The lowest BCUT2D eigenvalue weighted by molar-refractivity contribution is 0.341. The van der Waals surface area contributed by atoms with E-state index in [-0.39, 0.29) is 6.61 Å². The zero-order chi connectivity index (χ0) is 12.4.